The zero-order valence-electron chi connectivity index (χ0n) is 13.4. The summed E-state index contributed by atoms with van der Waals surface area (Å²) >= 11 is 2.73. The van der Waals surface area contributed by atoms with E-state index < -0.39 is 0 Å². The quantitative estimate of drug-likeness (QED) is 0.682. The van der Waals surface area contributed by atoms with Gasteiger partial charge in [-0.3, -0.25) is 4.79 Å². The van der Waals surface area contributed by atoms with E-state index in [-0.39, 0.29) is 5.91 Å². The maximum absolute atomic E-state index is 12.0. The van der Waals surface area contributed by atoms with Gasteiger partial charge in [0.25, 0.3) is 0 Å². The predicted octanol–water partition coefficient (Wildman–Crippen LogP) is 4.55. The van der Waals surface area contributed by atoms with E-state index in [0.29, 0.717) is 5.75 Å². The van der Waals surface area contributed by atoms with Gasteiger partial charge in [0.2, 0.25) is 5.91 Å². The number of rotatable bonds is 5. The number of amides is 1. The Labute approximate surface area is 149 Å². The summed E-state index contributed by atoms with van der Waals surface area (Å²) < 4.78 is 5.20. The van der Waals surface area contributed by atoms with Gasteiger partial charge in [-0.2, -0.15) is 4.37 Å². The van der Waals surface area contributed by atoms with E-state index >= 15 is 0 Å². The van der Waals surface area contributed by atoms with Crippen LogP contribution in [0.2, 0.25) is 0 Å². The van der Waals surface area contributed by atoms with E-state index in [1.165, 1.54) is 28.9 Å². The lowest BCUT2D eigenvalue weighted by Crippen LogP contribution is -2.13. The largest absolute Gasteiger partial charge is 0.325 e. The molecule has 0 bridgehead atoms. The van der Waals surface area contributed by atoms with Crippen molar-refractivity contribution in [3.63, 3.8) is 0 Å². The third-order valence-corrected chi connectivity index (χ3v) is 5.29. The summed E-state index contributed by atoms with van der Waals surface area (Å²) in [5.74, 6) is 0.993. The average molecular weight is 355 g/mol. The minimum atomic E-state index is -0.0449. The van der Waals surface area contributed by atoms with Crippen LogP contribution in [-0.4, -0.2) is 21.0 Å². The lowest BCUT2D eigenvalue weighted by molar-refractivity contribution is -0.113. The molecule has 3 aromatic rings. The van der Waals surface area contributed by atoms with Crippen LogP contribution in [0.3, 0.4) is 0 Å². The fourth-order valence-corrected chi connectivity index (χ4v) is 3.57. The predicted molar refractivity (Wildman–Crippen MR) is 101 cm³/mol. The Kier molecular flexibility index (Phi) is 5.27. The minimum absolute atomic E-state index is 0.0449. The van der Waals surface area contributed by atoms with E-state index in [1.54, 1.807) is 0 Å². The second kappa shape index (κ2) is 7.59. The van der Waals surface area contributed by atoms with Gasteiger partial charge in [-0.25, -0.2) is 4.98 Å². The first-order valence-electron chi connectivity index (χ1n) is 7.51. The molecule has 1 amide bonds. The van der Waals surface area contributed by atoms with Crippen molar-refractivity contribution in [3.05, 3.63) is 59.7 Å². The van der Waals surface area contributed by atoms with Crippen LogP contribution in [0.5, 0.6) is 0 Å². The van der Waals surface area contributed by atoms with Gasteiger partial charge in [-0.1, -0.05) is 53.7 Å². The van der Waals surface area contributed by atoms with E-state index in [0.717, 1.165) is 27.0 Å². The molecule has 0 spiro atoms. The van der Waals surface area contributed by atoms with Crippen LogP contribution < -0.4 is 5.32 Å². The van der Waals surface area contributed by atoms with Crippen LogP contribution >= 0.6 is 23.3 Å². The lowest BCUT2D eigenvalue weighted by atomic mass is 10.1. The molecule has 0 fully saturated rings. The van der Waals surface area contributed by atoms with Crippen LogP contribution in [0, 0.1) is 13.8 Å². The molecule has 122 valence electrons. The maximum atomic E-state index is 12.0. The summed E-state index contributed by atoms with van der Waals surface area (Å²) in [5.41, 5.74) is 4.15. The molecule has 2 aromatic carbocycles. The van der Waals surface area contributed by atoms with E-state index in [2.05, 4.69) is 14.7 Å². The number of benzene rings is 2. The number of nitrogens with zero attached hydrogens (tertiary/aromatic N) is 2. The first kappa shape index (κ1) is 16.7. The monoisotopic (exact) mass is 355 g/mol. The zero-order chi connectivity index (χ0) is 16.9. The van der Waals surface area contributed by atoms with Gasteiger partial charge in [0.15, 0.2) is 10.2 Å². The van der Waals surface area contributed by atoms with Crippen LogP contribution in [0.25, 0.3) is 11.4 Å². The zero-order valence-corrected chi connectivity index (χ0v) is 15.1. The summed E-state index contributed by atoms with van der Waals surface area (Å²) in [4.78, 5) is 16.5. The summed E-state index contributed by atoms with van der Waals surface area (Å²) in [6.07, 6.45) is 0. The molecule has 4 nitrogen and oxygen atoms in total. The van der Waals surface area contributed by atoms with Crippen LogP contribution in [0.4, 0.5) is 5.69 Å². The van der Waals surface area contributed by atoms with Gasteiger partial charge in [-0.15, -0.1) is 0 Å². The van der Waals surface area contributed by atoms with E-state index in [4.69, 9.17) is 0 Å². The molecule has 1 aromatic heterocycles. The van der Waals surface area contributed by atoms with Crippen LogP contribution in [0.15, 0.2) is 52.9 Å². The van der Waals surface area contributed by atoms with Crippen molar-refractivity contribution in [2.45, 2.75) is 18.2 Å². The van der Waals surface area contributed by atoms with Crippen molar-refractivity contribution in [2.24, 2.45) is 0 Å². The van der Waals surface area contributed by atoms with Gasteiger partial charge in [0.1, 0.15) is 0 Å². The average Bonchev–Trinajstić information content (AvgIpc) is 3.04. The third kappa shape index (κ3) is 4.21. The molecule has 1 heterocycles. The highest BCUT2D eigenvalue weighted by molar-refractivity contribution is 8.01. The van der Waals surface area contributed by atoms with Crippen molar-refractivity contribution >= 4 is 34.9 Å². The number of hydrogen-bond acceptors (Lipinski definition) is 5. The van der Waals surface area contributed by atoms with Crippen molar-refractivity contribution in [3.8, 4) is 11.4 Å². The SMILES string of the molecule is Cc1ccc(NC(=O)CSc2nc(-c3ccccc3C)ns2)cc1. The highest BCUT2D eigenvalue weighted by Crippen LogP contribution is 2.27. The first-order chi connectivity index (χ1) is 11.6. The normalized spacial score (nSPS) is 10.6. The Morgan fingerprint density at radius 3 is 2.62 bits per heavy atom. The molecule has 0 saturated heterocycles. The fraction of sp³-hybridized carbons (Fsp3) is 0.167. The molecule has 3 rings (SSSR count). The molecule has 24 heavy (non-hydrogen) atoms. The molecule has 0 unspecified atom stereocenters. The standard InChI is InChI=1S/C18H17N3OS2/c1-12-7-9-14(10-8-12)19-16(22)11-23-18-20-17(21-24-18)15-6-4-3-5-13(15)2/h3-10H,11H2,1-2H3,(H,19,22). The summed E-state index contributed by atoms with van der Waals surface area (Å²) in [6.45, 7) is 4.06. The lowest BCUT2D eigenvalue weighted by Gasteiger charge is -2.04. The van der Waals surface area contributed by atoms with Crippen molar-refractivity contribution in [1.82, 2.24) is 9.36 Å². The molecule has 0 aliphatic carbocycles. The van der Waals surface area contributed by atoms with Gasteiger partial charge >= 0.3 is 0 Å². The number of carbonyl (C=O) groups excluding carboxylic acids is 1. The summed E-state index contributed by atoms with van der Waals surface area (Å²) in [7, 11) is 0. The highest BCUT2D eigenvalue weighted by Gasteiger charge is 2.11. The van der Waals surface area contributed by atoms with Gasteiger partial charge in [0.05, 0.1) is 5.75 Å². The van der Waals surface area contributed by atoms with E-state index in [9.17, 15) is 4.79 Å². The molecule has 0 radical (unpaired) electrons. The van der Waals surface area contributed by atoms with E-state index in [1.807, 2.05) is 62.4 Å². The molecule has 0 aliphatic rings. The Hall–Kier alpha value is -2.18. The number of carbonyl (C=O) groups is 1. The number of aromatic nitrogens is 2. The summed E-state index contributed by atoms with van der Waals surface area (Å²) in [5, 5.41) is 2.88. The molecular formula is C18H17N3OS2. The van der Waals surface area contributed by atoms with Crippen molar-refractivity contribution < 1.29 is 4.79 Å². The van der Waals surface area contributed by atoms with Crippen LogP contribution in [0.1, 0.15) is 11.1 Å². The maximum Gasteiger partial charge on any atom is 0.234 e. The van der Waals surface area contributed by atoms with Crippen molar-refractivity contribution in [2.75, 3.05) is 11.1 Å². The smallest absolute Gasteiger partial charge is 0.234 e. The van der Waals surface area contributed by atoms with Gasteiger partial charge < -0.3 is 5.32 Å². The Bertz CT molecular complexity index is 843. The molecule has 6 heteroatoms. The van der Waals surface area contributed by atoms with Gasteiger partial charge in [-0.05, 0) is 43.1 Å². The number of thioether (sulfide) groups is 1. The van der Waals surface area contributed by atoms with Crippen LogP contribution in [-0.2, 0) is 4.79 Å². The molecule has 0 aliphatic heterocycles. The summed E-state index contributed by atoms with van der Waals surface area (Å²) in [6, 6.07) is 15.8. The Morgan fingerprint density at radius 2 is 1.88 bits per heavy atom. The Morgan fingerprint density at radius 1 is 1.12 bits per heavy atom. The number of nitrogens with one attached hydrogen (secondary N) is 1. The molecule has 0 saturated carbocycles. The highest BCUT2D eigenvalue weighted by atomic mass is 32.2. The fourth-order valence-electron chi connectivity index (χ4n) is 2.16. The first-order valence-corrected chi connectivity index (χ1v) is 9.27. The number of aryl methyl sites for hydroxylation is 2. The topological polar surface area (TPSA) is 54.9 Å². The molecule has 0 atom stereocenters. The minimum Gasteiger partial charge on any atom is -0.325 e. The third-order valence-electron chi connectivity index (χ3n) is 3.46. The van der Waals surface area contributed by atoms with Crippen molar-refractivity contribution in [1.29, 1.82) is 0 Å². The Balaban J connectivity index is 1.58. The number of hydrogen-bond donors (Lipinski definition) is 1. The van der Waals surface area contributed by atoms with Gasteiger partial charge in [0, 0.05) is 11.3 Å². The second-order valence-electron chi connectivity index (χ2n) is 5.40. The second-order valence-corrected chi connectivity index (χ2v) is 7.38. The molecule has 1 N–H and O–H groups in total. The molecular weight excluding hydrogens is 338 g/mol. The number of anilines is 1.